The number of aliphatic carboxylic acids is 1. The van der Waals surface area contributed by atoms with E-state index in [1.807, 2.05) is 12.1 Å². The molecule has 0 heterocycles. The third-order valence-corrected chi connectivity index (χ3v) is 3.05. The van der Waals surface area contributed by atoms with Crippen molar-refractivity contribution in [1.29, 1.82) is 0 Å². The van der Waals surface area contributed by atoms with E-state index in [4.69, 9.17) is 5.11 Å². The quantitative estimate of drug-likeness (QED) is 0.738. The van der Waals surface area contributed by atoms with E-state index in [1.165, 1.54) is 11.6 Å². The Morgan fingerprint density at radius 3 is 2.05 bits per heavy atom. The van der Waals surface area contributed by atoms with Gasteiger partial charge in [0, 0.05) is 25.7 Å². The molecule has 0 fully saturated rings. The van der Waals surface area contributed by atoms with E-state index < -0.39 is 5.97 Å². The molecule has 3 heteroatoms. The monoisotopic (exact) mass is 289 g/mol. The van der Waals surface area contributed by atoms with Gasteiger partial charge in [0.05, 0.1) is 0 Å². The fourth-order valence-electron chi connectivity index (χ4n) is 2.40. The molecule has 0 radical (unpaired) electrons. The molecule has 1 N–H and O–H groups in total. The average Bonchev–Trinajstić information content (AvgIpc) is 2.36. The molecule has 0 aliphatic carbocycles. The van der Waals surface area contributed by atoms with Crippen molar-refractivity contribution in [1.82, 2.24) is 4.90 Å². The summed E-state index contributed by atoms with van der Waals surface area (Å²) in [5.74, 6) is 0.391. The number of benzene rings is 1. The van der Waals surface area contributed by atoms with Crippen LogP contribution in [0.5, 0.6) is 0 Å². The fourth-order valence-corrected chi connectivity index (χ4v) is 2.40. The lowest BCUT2D eigenvalue weighted by atomic mass is 10.1. The minimum absolute atomic E-state index is 0.654. The standard InChI is InChI=1S/C18H27NO2/c1-14(2)11-19(12-15(3)4)13-17-7-5-16(6-8-17)9-10-18(20)21/h5-10,14-15H,11-13H2,1-4H3,(H,20,21). The molecule has 3 nitrogen and oxygen atoms in total. The summed E-state index contributed by atoms with van der Waals surface area (Å²) in [5.41, 5.74) is 2.18. The summed E-state index contributed by atoms with van der Waals surface area (Å²) in [5, 5.41) is 8.62. The highest BCUT2D eigenvalue weighted by atomic mass is 16.4. The van der Waals surface area contributed by atoms with Gasteiger partial charge in [0.25, 0.3) is 0 Å². The first-order valence-corrected chi connectivity index (χ1v) is 7.59. The van der Waals surface area contributed by atoms with Gasteiger partial charge in [-0.1, -0.05) is 52.0 Å². The van der Waals surface area contributed by atoms with Crippen LogP contribution in [-0.2, 0) is 11.3 Å². The number of rotatable bonds is 8. The van der Waals surface area contributed by atoms with Crippen LogP contribution in [0.4, 0.5) is 0 Å². The zero-order chi connectivity index (χ0) is 15.8. The van der Waals surface area contributed by atoms with Crippen LogP contribution < -0.4 is 0 Å². The molecule has 21 heavy (non-hydrogen) atoms. The van der Waals surface area contributed by atoms with Gasteiger partial charge in [0.2, 0.25) is 0 Å². The maximum atomic E-state index is 10.5. The predicted molar refractivity (Wildman–Crippen MR) is 88.1 cm³/mol. The van der Waals surface area contributed by atoms with Crippen LogP contribution in [0.25, 0.3) is 6.08 Å². The van der Waals surface area contributed by atoms with Gasteiger partial charge in [-0.25, -0.2) is 4.79 Å². The number of hydrogen-bond donors (Lipinski definition) is 1. The summed E-state index contributed by atoms with van der Waals surface area (Å²) in [6.45, 7) is 12.1. The van der Waals surface area contributed by atoms with Crippen LogP contribution >= 0.6 is 0 Å². The number of nitrogens with zero attached hydrogens (tertiary/aromatic N) is 1. The van der Waals surface area contributed by atoms with Gasteiger partial charge >= 0.3 is 5.97 Å². The molecule has 0 amide bonds. The molecule has 116 valence electrons. The van der Waals surface area contributed by atoms with Crippen molar-refractivity contribution < 1.29 is 9.90 Å². The van der Waals surface area contributed by atoms with Gasteiger partial charge in [0.1, 0.15) is 0 Å². The lowest BCUT2D eigenvalue weighted by Gasteiger charge is -2.26. The molecule has 0 spiro atoms. The van der Waals surface area contributed by atoms with Gasteiger partial charge in [-0.3, -0.25) is 4.90 Å². The molecule has 0 saturated heterocycles. The van der Waals surface area contributed by atoms with E-state index in [-0.39, 0.29) is 0 Å². The van der Waals surface area contributed by atoms with Crippen molar-refractivity contribution >= 4 is 12.0 Å². The molecular weight excluding hydrogens is 262 g/mol. The molecule has 0 bridgehead atoms. The van der Waals surface area contributed by atoms with E-state index in [0.29, 0.717) is 11.8 Å². The first-order valence-electron chi connectivity index (χ1n) is 7.59. The van der Waals surface area contributed by atoms with Gasteiger partial charge in [-0.05, 0) is 29.0 Å². The second kappa shape index (κ2) is 8.63. The van der Waals surface area contributed by atoms with Crippen molar-refractivity contribution in [2.45, 2.75) is 34.2 Å². The van der Waals surface area contributed by atoms with Crippen molar-refractivity contribution in [3.05, 3.63) is 41.5 Å². The Balaban J connectivity index is 2.68. The molecule has 0 unspecified atom stereocenters. The molecule has 0 atom stereocenters. The molecule has 1 aromatic rings. The van der Waals surface area contributed by atoms with E-state index in [1.54, 1.807) is 6.08 Å². The molecular formula is C18H27NO2. The first-order chi connectivity index (χ1) is 9.86. The summed E-state index contributed by atoms with van der Waals surface area (Å²) in [6.07, 6.45) is 2.78. The van der Waals surface area contributed by atoms with Crippen LogP contribution in [0.2, 0.25) is 0 Å². The minimum atomic E-state index is -0.917. The van der Waals surface area contributed by atoms with E-state index >= 15 is 0 Å². The molecule has 0 saturated carbocycles. The van der Waals surface area contributed by atoms with Crippen molar-refractivity contribution in [3.63, 3.8) is 0 Å². The van der Waals surface area contributed by atoms with Gasteiger partial charge in [0.15, 0.2) is 0 Å². The van der Waals surface area contributed by atoms with E-state index in [0.717, 1.165) is 25.2 Å². The van der Waals surface area contributed by atoms with Gasteiger partial charge < -0.3 is 5.11 Å². The second-order valence-electron chi connectivity index (χ2n) is 6.39. The molecule has 1 aromatic carbocycles. The van der Waals surface area contributed by atoms with Crippen molar-refractivity contribution in [2.24, 2.45) is 11.8 Å². The average molecular weight is 289 g/mol. The number of carboxylic acids is 1. The van der Waals surface area contributed by atoms with Crippen LogP contribution in [-0.4, -0.2) is 29.1 Å². The zero-order valence-electron chi connectivity index (χ0n) is 13.5. The van der Waals surface area contributed by atoms with Crippen LogP contribution in [0.1, 0.15) is 38.8 Å². The topological polar surface area (TPSA) is 40.5 Å². The first kappa shape index (κ1) is 17.4. The van der Waals surface area contributed by atoms with Crippen molar-refractivity contribution in [3.8, 4) is 0 Å². The lowest BCUT2D eigenvalue weighted by molar-refractivity contribution is -0.131. The summed E-state index contributed by atoms with van der Waals surface area (Å²) in [7, 11) is 0. The predicted octanol–water partition coefficient (Wildman–Crippen LogP) is 3.90. The molecule has 0 aromatic heterocycles. The molecule has 0 aliphatic rings. The van der Waals surface area contributed by atoms with Gasteiger partial charge in [-0.15, -0.1) is 0 Å². The van der Waals surface area contributed by atoms with Crippen LogP contribution in [0.15, 0.2) is 30.3 Å². The highest BCUT2D eigenvalue weighted by Gasteiger charge is 2.10. The Hall–Kier alpha value is -1.61. The number of carbonyl (C=O) groups is 1. The molecule has 0 aliphatic heterocycles. The molecule has 1 rings (SSSR count). The zero-order valence-corrected chi connectivity index (χ0v) is 13.5. The van der Waals surface area contributed by atoms with Crippen LogP contribution in [0, 0.1) is 11.8 Å². The van der Waals surface area contributed by atoms with E-state index in [2.05, 4.69) is 44.7 Å². The third kappa shape index (κ3) is 7.66. The largest absolute Gasteiger partial charge is 0.478 e. The summed E-state index contributed by atoms with van der Waals surface area (Å²) < 4.78 is 0. The smallest absolute Gasteiger partial charge is 0.328 e. The Bertz CT molecular complexity index is 451. The summed E-state index contributed by atoms with van der Waals surface area (Å²) >= 11 is 0. The Kier molecular flexibility index (Phi) is 7.17. The second-order valence-corrected chi connectivity index (χ2v) is 6.39. The van der Waals surface area contributed by atoms with Gasteiger partial charge in [-0.2, -0.15) is 0 Å². The normalized spacial score (nSPS) is 12.0. The summed E-state index contributed by atoms with van der Waals surface area (Å²) in [4.78, 5) is 13.0. The van der Waals surface area contributed by atoms with Crippen molar-refractivity contribution in [2.75, 3.05) is 13.1 Å². The Morgan fingerprint density at radius 2 is 1.62 bits per heavy atom. The third-order valence-electron chi connectivity index (χ3n) is 3.05. The number of hydrogen-bond acceptors (Lipinski definition) is 2. The minimum Gasteiger partial charge on any atom is -0.478 e. The Morgan fingerprint density at radius 1 is 1.10 bits per heavy atom. The lowest BCUT2D eigenvalue weighted by Crippen LogP contribution is -2.30. The van der Waals surface area contributed by atoms with E-state index in [9.17, 15) is 4.79 Å². The maximum absolute atomic E-state index is 10.5. The fraction of sp³-hybridized carbons (Fsp3) is 0.500. The summed E-state index contributed by atoms with van der Waals surface area (Å²) in [6, 6.07) is 8.10. The highest BCUT2D eigenvalue weighted by Crippen LogP contribution is 2.12. The number of carboxylic acid groups (broad SMARTS) is 1. The highest BCUT2D eigenvalue weighted by molar-refractivity contribution is 5.85. The Labute approximate surface area is 128 Å². The maximum Gasteiger partial charge on any atom is 0.328 e. The van der Waals surface area contributed by atoms with Crippen LogP contribution in [0.3, 0.4) is 0 Å². The SMILES string of the molecule is CC(C)CN(Cc1ccc(C=CC(=O)O)cc1)CC(C)C.